The predicted molar refractivity (Wildman–Crippen MR) is 78.7 cm³/mol. The first-order valence-corrected chi connectivity index (χ1v) is 6.82. The Morgan fingerprint density at radius 3 is 2.70 bits per heavy atom. The van der Waals surface area contributed by atoms with Crippen molar-refractivity contribution in [1.29, 1.82) is 0 Å². The minimum absolute atomic E-state index is 0.651. The van der Waals surface area contributed by atoms with Crippen molar-refractivity contribution in [3.05, 3.63) is 48.5 Å². The monoisotopic (exact) mass is 267 g/mol. The molecule has 2 aromatic heterocycles. The third-order valence-electron chi connectivity index (χ3n) is 3.12. The number of nitrogens with zero attached hydrogens (tertiary/aromatic N) is 4. The second kappa shape index (κ2) is 5.79. The molecule has 0 atom stereocenters. The van der Waals surface area contributed by atoms with Crippen molar-refractivity contribution in [1.82, 2.24) is 24.8 Å². The van der Waals surface area contributed by atoms with Gasteiger partial charge in [0.2, 0.25) is 5.95 Å². The Balaban J connectivity index is 1.84. The first kappa shape index (κ1) is 12.7. The lowest BCUT2D eigenvalue weighted by Crippen LogP contribution is -2.14. The maximum Gasteiger partial charge on any atom is 0.235 e. The Hall–Kier alpha value is -2.27. The fourth-order valence-corrected chi connectivity index (χ4v) is 2.09. The number of fused-ring (bicyclic) bond motifs is 1. The summed E-state index contributed by atoms with van der Waals surface area (Å²) < 4.78 is 1.90. The predicted octanol–water partition coefficient (Wildman–Crippen LogP) is 2.32. The van der Waals surface area contributed by atoms with Gasteiger partial charge >= 0.3 is 0 Å². The van der Waals surface area contributed by atoms with E-state index in [1.54, 1.807) is 6.33 Å². The summed E-state index contributed by atoms with van der Waals surface area (Å²) in [6.45, 7) is 3.96. The largest absolute Gasteiger partial charge is 0.313 e. The summed E-state index contributed by atoms with van der Waals surface area (Å²) in [6, 6.07) is 7.96. The summed E-state index contributed by atoms with van der Waals surface area (Å²) in [5.41, 5.74) is 3.06. The van der Waals surface area contributed by atoms with E-state index in [-0.39, 0.29) is 0 Å². The highest BCUT2D eigenvalue weighted by Gasteiger charge is 2.05. The number of aromatic nitrogens is 4. The van der Waals surface area contributed by atoms with Crippen LogP contribution in [-0.4, -0.2) is 26.1 Å². The molecule has 3 aromatic rings. The molecule has 2 heterocycles. The fourth-order valence-electron chi connectivity index (χ4n) is 2.09. The number of rotatable bonds is 5. The topological polar surface area (TPSA) is 55.6 Å². The van der Waals surface area contributed by atoms with Gasteiger partial charge in [-0.25, -0.2) is 15.0 Å². The minimum Gasteiger partial charge on any atom is -0.313 e. The molecule has 0 radical (unpaired) electrons. The Morgan fingerprint density at radius 2 is 1.90 bits per heavy atom. The SMILES string of the molecule is CCCNCc1cnc(-n2cnc3ccccc32)nc1. The average Bonchev–Trinajstić information content (AvgIpc) is 2.92. The molecule has 1 aromatic carbocycles. The van der Waals surface area contributed by atoms with Crippen LogP contribution in [0.25, 0.3) is 17.0 Å². The Bertz CT molecular complexity index is 687. The van der Waals surface area contributed by atoms with Crippen molar-refractivity contribution in [3.63, 3.8) is 0 Å². The highest BCUT2D eigenvalue weighted by molar-refractivity contribution is 5.76. The van der Waals surface area contributed by atoms with Crippen molar-refractivity contribution >= 4 is 11.0 Å². The van der Waals surface area contributed by atoms with Crippen LogP contribution < -0.4 is 5.32 Å². The minimum atomic E-state index is 0.651. The van der Waals surface area contributed by atoms with E-state index in [9.17, 15) is 0 Å². The summed E-state index contributed by atoms with van der Waals surface area (Å²) in [6.07, 6.45) is 6.61. The molecule has 5 nitrogen and oxygen atoms in total. The molecule has 1 N–H and O–H groups in total. The molecule has 102 valence electrons. The van der Waals surface area contributed by atoms with Crippen LogP contribution in [0.1, 0.15) is 18.9 Å². The van der Waals surface area contributed by atoms with Crippen LogP contribution in [0.15, 0.2) is 43.0 Å². The lowest BCUT2D eigenvalue weighted by Gasteiger charge is -2.05. The smallest absolute Gasteiger partial charge is 0.235 e. The van der Waals surface area contributed by atoms with Gasteiger partial charge in [0.25, 0.3) is 0 Å². The average molecular weight is 267 g/mol. The molecule has 0 aliphatic rings. The number of benzene rings is 1. The molecule has 0 spiro atoms. The fraction of sp³-hybridized carbons (Fsp3) is 0.267. The molecule has 0 aliphatic carbocycles. The zero-order valence-corrected chi connectivity index (χ0v) is 11.5. The Labute approximate surface area is 117 Å². The van der Waals surface area contributed by atoms with Crippen LogP contribution in [0, 0.1) is 0 Å². The molecule has 0 saturated heterocycles. The van der Waals surface area contributed by atoms with Crippen molar-refractivity contribution in [3.8, 4) is 5.95 Å². The quantitative estimate of drug-likeness (QED) is 0.721. The number of hydrogen-bond donors (Lipinski definition) is 1. The molecule has 5 heteroatoms. The normalized spacial score (nSPS) is 11.1. The third-order valence-corrected chi connectivity index (χ3v) is 3.12. The van der Waals surface area contributed by atoms with E-state index in [4.69, 9.17) is 0 Å². The summed E-state index contributed by atoms with van der Waals surface area (Å²) in [5.74, 6) is 0.651. The molecule has 0 fully saturated rings. The maximum atomic E-state index is 4.42. The second-order valence-corrected chi connectivity index (χ2v) is 4.67. The van der Waals surface area contributed by atoms with Crippen molar-refractivity contribution < 1.29 is 0 Å². The van der Waals surface area contributed by atoms with Crippen molar-refractivity contribution in [2.45, 2.75) is 19.9 Å². The molecule has 0 saturated carbocycles. The van der Waals surface area contributed by atoms with E-state index in [0.717, 1.165) is 36.1 Å². The summed E-state index contributed by atoms with van der Waals surface area (Å²) in [5, 5.41) is 3.34. The van der Waals surface area contributed by atoms with Gasteiger partial charge < -0.3 is 5.32 Å². The van der Waals surface area contributed by atoms with Crippen molar-refractivity contribution in [2.75, 3.05) is 6.54 Å². The molecule has 3 rings (SSSR count). The van der Waals surface area contributed by atoms with Gasteiger partial charge in [-0.1, -0.05) is 19.1 Å². The van der Waals surface area contributed by atoms with E-state index in [1.807, 2.05) is 41.2 Å². The van der Waals surface area contributed by atoms with E-state index in [0.29, 0.717) is 5.95 Å². The Kier molecular flexibility index (Phi) is 3.69. The third kappa shape index (κ3) is 2.53. The van der Waals surface area contributed by atoms with Crippen LogP contribution in [0.3, 0.4) is 0 Å². The van der Waals surface area contributed by atoms with E-state index in [2.05, 4.69) is 27.2 Å². The van der Waals surface area contributed by atoms with Gasteiger partial charge in [-0.2, -0.15) is 0 Å². The van der Waals surface area contributed by atoms with Gasteiger partial charge in [0.1, 0.15) is 6.33 Å². The van der Waals surface area contributed by atoms with Crippen molar-refractivity contribution in [2.24, 2.45) is 0 Å². The van der Waals surface area contributed by atoms with Crippen LogP contribution >= 0.6 is 0 Å². The van der Waals surface area contributed by atoms with Gasteiger partial charge in [-0.15, -0.1) is 0 Å². The zero-order chi connectivity index (χ0) is 13.8. The first-order chi connectivity index (χ1) is 9.88. The molecule has 0 bridgehead atoms. The number of nitrogens with one attached hydrogen (secondary N) is 1. The van der Waals surface area contributed by atoms with Gasteiger partial charge in [0.05, 0.1) is 11.0 Å². The van der Waals surface area contributed by atoms with E-state index in [1.165, 1.54) is 0 Å². The lowest BCUT2D eigenvalue weighted by molar-refractivity contribution is 0.671. The van der Waals surface area contributed by atoms with Gasteiger partial charge in [0, 0.05) is 24.5 Å². The summed E-state index contributed by atoms with van der Waals surface area (Å²) in [4.78, 5) is 13.2. The molecule has 20 heavy (non-hydrogen) atoms. The highest BCUT2D eigenvalue weighted by atomic mass is 15.2. The zero-order valence-electron chi connectivity index (χ0n) is 11.5. The Morgan fingerprint density at radius 1 is 1.10 bits per heavy atom. The maximum absolute atomic E-state index is 4.42. The van der Waals surface area contributed by atoms with Gasteiger partial charge in [0.15, 0.2) is 0 Å². The van der Waals surface area contributed by atoms with Gasteiger partial charge in [-0.3, -0.25) is 4.57 Å². The van der Waals surface area contributed by atoms with Gasteiger partial charge in [-0.05, 0) is 25.1 Å². The van der Waals surface area contributed by atoms with Crippen LogP contribution in [-0.2, 0) is 6.54 Å². The van der Waals surface area contributed by atoms with E-state index >= 15 is 0 Å². The lowest BCUT2D eigenvalue weighted by atomic mass is 10.3. The van der Waals surface area contributed by atoms with Crippen LogP contribution in [0.5, 0.6) is 0 Å². The number of hydrogen-bond acceptors (Lipinski definition) is 4. The molecular formula is C15H17N5. The standard InChI is InChI=1S/C15H17N5/c1-2-7-16-8-12-9-17-15(18-10-12)20-11-19-13-5-3-4-6-14(13)20/h3-6,9-11,16H,2,7-8H2,1H3. The molecule has 0 amide bonds. The van der Waals surface area contributed by atoms with Crippen LogP contribution in [0.2, 0.25) is 0 Å². The van der Waals surface area contributed by atoms with E-state index < -0.39 is 0 Å². The molecule has 0 aliphatic heterocycles. The number of para-hydroxylation sites is 2. The molecule has 0 unspecified atom stereocenters. The molecular weight excluding hydrogens is 250 g/mol. The summed E-state index contributed by atoms with van der Waals surface area (Å²) >= 11 is 0. The first-order valence-electron chi connectivity index (χ1n) is 6.82. The highest BCUT2D eigenvalue weighted by Crippen LogP contribution is 2.14. The second-order valence-electron chi connectivity index (χ2n) is 4.67. The number of imidazole rings is 1. The summed E-state index contributed by atoms with van der Waals surface area (Å²) in [7, 11) is 0. The van der Waals surface area contributed by atoms with Crippen LogP contribution in [0.4, 0.5) is 0 Å².